The molecule has 1 unspecified atom stereocenters. The highest BCUT2D eigenvalue weighted by atomic mass is 32.1. The van der Waals surface area contributed by atoms with Gasteiger partial charge in [0, 0.05) is 56.0 Å². The molecule has 1 amide bonds. The van der Waals surface area contributed by atoms with E-state index in [1.807, 2.05) is 42.1 Å². The summed E-state index contributed by atoms with van der Waals surface area (Å²) in [5, 5.41) is 7.29. The largest absolute Gasteiger partial charge is 0.497 e. The highest BCUT2D eigenvalue weighted by molar-refractivity contribution is 7.59. The highest BCUT2D eigenvalue weighted by Crippen LogP contribution is 2.27. The van der Waals surface area contributed by atoms with Gasteiger partial charge >= 0.3 is 0 Å². The first-order valence-electron chi connectivity index (χ1n) is 10.9. The average Bonchev–Trinajstić information content (AvgIpc) is 3.47. The first-order chi connectivity index (χ1) is 16.5. The number of carbonyl (C=O) groups is 1. The van der Waals surface area contributed by atoms with Gasteiger partial charge in [-0.05, 0) is 18.6 Å². The quantitative estimate of drug-likeness (QED) is 0.442. The van der Waals surface area contributed by atoms with E-state index < -0.39 is 0 Å². The molecule has 182 valence electrons. The monoisotopic (exact) mass is 493 g/mol. The van der Waals surface area contributed by atoms with Crippen LogP contribution in [0, 0.1) is 0 Å². The number of amides is 1. The van der Waals surface area contributed by atoms with Gasteiger partial charge in [-0.2, -0.15) is 18.6 Å². The Balaban J connectivity index is 0.00000289. The number of aromatic nitrogens is 5. The summed E-state index contributed by atoms with van der Waals surface area (Å²) in [6, 6.07) is 9.27. The Morgan fingerprint density at radius 1 is 1.14 bits per heavy atom. The Morgan fingerprint density at radius 2 is 1.91 bits per heavy atom. The van der Waals surface area contributed by atoms with Gasteiger partial charge in [0.1, 0.15) is 22.5 Å². The Labute approximate surface area is 209 Å². The van der Waals surface area contributed by atoms with Gasteiger partial charge in [0.05, 0.1) is 38.0 Å². The van der Waals surface area contributed by atoms with Crippen molar-refractivity contribution in [1.82, 2.24) is 29.6 Å². The molecule has 0 saturated carbocycles. The first kappa shape index (κ1) is 24.3. The van der Waals surface area contributed by atoms with Crippen LogP contribution in [0.2, 0.25) is 0 Å². The number of rotatable bonds is 6. The van der Waals surface area contributed by atoms with Crippen molar-refractivity contribution in [3.8, 4) is 22.8 Å². The number of ether oxygens (including phenoxy) is 2. The van der Waals surface area contributed by atoms with Crippen molar-refractivity contribution >= 4 is 36.3 Å². The topological polar surface area (TPSA) is 108 Å². The van der Waals surface area contributed by atoms with Crippen molar-refractivity contribution in [3.05, 3.63) is 54.4 Å². The molecule has 11 heteroatoms. The third-order valence-corrected chi connectivity index (χ3v) is 5.77. The zero-order valence-electron chi connectivity index (χ0n) is 19.7. The number of benzene rings is 1. The van der Waals surface area contributed by atoms with Crippen molar-refractivity contribution in [3.63, 3.8) is 0 Å². The Hall–Kier alpha value is -3.86. The van der Waals surface area contributed by atoms with E-state index in [0.717, 1.165) is 17.5 Å². The van der Waals surface area contributed by atoms with Crippen LogP contribution in [0.15, 0.2) is 53.9 Å². The lowest BCUT2D eigenvalue weighted by molar-refractivity contribution is -0.119. The van der Waals surface area contributed by atoms with Crippen LogP contribution >= 0.6 is 13.5 Å². The van der Waals surface area contributed by atoms with E-state index in [-0.39, 0.29) is 25.4 Å². The summed E-state index contributed by atoms with van der Waals surface area (Å²) >= 11 is 0. The van der Waals surface area contributed by atoms with E-state index in [9.17, 15) is 4.79 Å². The minimum Gasteiger partial charge on any atom is -0.497 e. The fourth-order valence-electron chi connectivity index (χ4n) is 4.05. The van der Waals surface area contributed by atoms with Crippen LogP contribution in [0.25, 0.3) is 22.4 Å². The lowest BCUT2D eigenvalue weighted by atomic mass is 10.2. The number of aryl methyl sites for hydroxylation is 1. The molecule has 1 aliphatic rings. The zero-order chi connectivity index (χ0) is 23.7. The molecule has 5 rings (SSSR count). The van der Waals surface area contributed by atoms with Crippen molar-refractivity contribution in [2.75, 3.05) is 14.2 Å². The number of nitrogens with zero attached hydrogens (tertiary/aromatic N) is 6. The van der Waals surface area contributed by atoms with Gasteiger partial charge < -0.3 is 19.4 Å². The van der Waals surface area contributed by atoms with Crippen molar-refractivity contribution in [2.24, 2.45) is 12.0 Å². The molecule has 0 spiro atoms. The van der Waals surface area contributed by atoms with E-state index in [2.05, 4.69) is 15.4 Å². The lowest BCUT2D eigenvalue weighted by Crippen LogP contribution is -2.34. The van der Waals surface area contributed by atoms with Crippen molar-refractivity contribution < 1.29 is 14.3 Å². The maximum Gasteiger partial charge on any atom is 0.220 e. The number of carbonyl (C=O) groups excluding carboxylic acids is 1. The smallest absolute Gasteiger partial charge is 0.220 e. The summed E-state index contributed by atoms with van der Waals surface area (Å²) < 4.78 is 14.5. The minimum absolute atomic E-state index is 0. The molecular weight excluding hydrogens is 466 g/mol. The molecule has 0 aliphatic carbocycles. The molecule has 1 saturated heterocycles. The minimum atomic E-state index is -0.0132. The maximum absolute atomic E-state index is 11.9. The Bertz CT molecular complexity index is 1420. The molecule has 35 heavy (non-hydrogen) atoms. The number of hydrogen-bond donors (Lipinski definition) is 1. The van der Waals surface area contributed by atoms with Crippen molar-refractivity contribution in [2.45, 2.75) is 25.4 Å². The summed E-state index contributed by atoms with van der Waals surface area (Å²) in [5.74, 6) is 1.35. The molecule has 4 heterocycles. The van der Waals surface area contributed by atoms with Crippen LogP contribution in [0.1, 0.15) is 12.8 Å². The summed E-state index contributed by atoms with van der Waals surface area (Å²) in [6.07, 6.45) is 6.67. The standard InChI is InChI=1S/C24H25N7O3.H2S/c1-30-13-15(11-26-30)21-12-25-20-5-6-22(27-17-8-18(33-2)10-19(9-17)34-3)31(24(20)29-21)14-16-4-7-23(32)28-16;/h5-6,8-13,16H,4,7,14H2,1-3H3,(H,28,32);1H2. The van der Waals surface area contributed by atoms with Gasteiger partial charge in [0.25, 0.3) is 0 Å². The fraction of sp³-hybridized carbons (Fsp3) is 0.292. The van der Waals surface area contributed by atoms with Crippen LogP contribution < -0.4 is 20.3 Å². The molecular formula is C24H27N7O3S. The zero-order valence-corrected chi connectivity index (χ0v) is 20.7. The first-order valence-corrected chi connectivity index (χ1v) is 10.9. The number of nitrogens with one attached hydrogen (secondary N) is 1. The fourth-order valence-corrected chi connectivity index (χ4v) is 4.05. The van der Waals surface area contributed by atoms with Gasteiger partial charge in [-0.1, -0.05) is 0 Å². The molecule has 10 nitrogen and oxygen atoms in total. The third kappa shape index (κ3) is 5.14. The van der Waals surface area contributed by atoms with E-state index in [1.54, 1.807) is 37.4 Å². The van der Waals surface area contributed by atoms with E-state index in [4.69, 9.17) is 19.5 Å². The predicted octanol–water partition coefficient (Wildman–Crippen LogP) is 2.47. The molecule has 1 fully saturated rings. The van der Waals surface area contributed by atoms with Crippen LogP contribution in [0.5, 0.6) is 11.5 Å². The second-order valence-corrected chi connectivity index (χ2v) is 8.15. The van der Waals surface area contributed by atoms with Crippen LogP contribution in [0.4, 0.5) is 5.69 Å². The van der Waals surface area contributed by atoms with Gasteiger partial charge in [-0.3, -0.25) is 14.5 Å². The number of fused-ring (bicyclic) bond motifs is 1. The van der Waals surface area contributed by atoms with E-state index in [0.29, 0.717) is 47.0 Å². The lowest BCUT2D eigenvalue weighted by Gasteiger charge is -2.16. The number of methoxy groups -OCH3 is 2. The SMILES string of the molecule is COc1cc(N=c2ccc3ncc(-c4cnn(C)c4)nc3n2CC2CCC(=O)N2)cc(OC)c1.S. The molecule has 4 aromatic rings. The molecule has 0 radical (unpaired) electrons. The Kier molecular flexibility index (Phi) is 7.06. The van der Waals surface area contributed by atoms with Crippen molar-refractivity contribution in [1.29, 1.82) is 0 Å². The van der Waals surface area contributed by atoms with Crippen LogP contribution in [-0.4, -0.2) is 50.5 Å². The van der Waals surface area contributed by atoms with Gasteiger partial charge in [0.15, 0.2) is 5.65 Å². The molecule has 1 aliphatic heterocycles. The summed E-state index contributed by atoms with van der Waals surface area (Å²) in [6.45, 7) is 0.522. The molecule has 1 N–H and O–H groups in total. The van der Waals surface area contributed by atoms with E-state index >= 15 is 0 Å². The molecule has 1 aromatic carbocycles. The molecule has 0 bridgehead atoms. The molecule has 1 atom stereocenters. The second-order valence-electron chi connectivity index (χ2n) is 8.15. The molecule has 3 aromatic heterocycles. The third-order valence-electron chi connectivity index (χ3n) is 5.77. The number of pyridine rings is 1. The summed E-state index contributed by atoms with van der Waals surface area (Å²) in [7, 11) is 5.07. The Morgan fingerprint density at radius 3 is 2.54 bits per heavy atom. The average molecular weight is 494 g/mol. The highest BCUT2D eigenvalue weighted by Gasteiger charge is 2.22. The predicted molar refractivity (Wildman–Crippen MR) is 136 cm³/mol. The second kappa shape index (κ2) is 10.2. The number of hydrogen-bond acceptors (Lipinski definition) is 7. The van der Waals surface area contributed by atoms with Crippen LogP contribution in [-0.2, 0) is 18.4 Å². The van der Waals surface area contributed by atoms with Crippen LogP contribution in [0.3, 0.4) is 0 Å². The van der Waals surface area contributed by atoms with Gasteiger partial charge in [-0.25, -0.2) is 9.98 Å². The van der Waals surface area contributed by atoms with Gasteiger partial charge in [-0.15, -0.1) is 0 Å². The van der Waals surface area contributed by atoms with E-state index in [1.165, 1.54) is 0 Å². The summed E-state index contributed by atoms with van der Waals surface area (Å²) in [5.41, 5.74) is 4.36. The maximum atomic E-state index is 11.9. The van der Waals surface area contributed by atoms with Gasteiger partial charge in [0.2, 0.25) is 5.91 Å². The summed E-state index contributed by atoms with van der Waals surface area (Å²) in [4.78, 5) is 26.3. The normalized spacial score (nSPS) is 15.7.